The second kappa shape index (κ2) is 6.91. The molecule has 0 saturated heterocycles. The van der Waals surface area contributed by atoms with Crippen LogP contribution in [0.3, 0.4) is 0 Å². The van der Waals surface area contributed by atoms with E-state index in [2.05, 4.69) is 39.6 Å². The van der Waals surface area contributed by atoms with Crippen LogP contribution in [0.25, 0.3) is 0 Å². The standard InChI is InChI=1S/C16H34N2/c1-13(2)9-14-7-6-8-15(10-14)18(5)12-16(3,4)11-17/h13-15H,6-12,17H2,1-5H3. The zero-order valence-corrected chi connectivity index (χ0v) is 13.2. The Bertz CT molecular complexity index is 235. The lowest BCUT2D eigenvalue weighted by Gasteiger charge is -2.39. The Morgan fingerprint density at radius 1 is 1.28 bits per heavy atom. The van der Waals surface area contributed by atoms with Crippen LogP contribution in [0, 0.1) is 17.3 Å². The Morgan fingerprint density at radius 2 is 1.94 bits per heavy atom. The Hall–Kier alpha value is -0.0800. The summed E-state index contributed by atoms with van der Waals surface area (Å²) in [7, 11) is 2.29. The van der Waals surface area contributed by atoms with E-state index in [-0.39, 0.29) is 5.41 Å². The number of hydrogen-bond acceptors (Lipinski definition) is 2. The largest absolute Gasteiger partial charge is 0.330 e. The molecule has 2 nitrogen and oxygen atoms in total. The van der Waals surface area contributed by atoms with Gasteiger partial charge >= 0.3 is 0 Å². The minimum absolute atomic E-state index is 0.250. The molecule has 1 aliphatic carbocycles. The molecule has 1 saturated carbocycles. The van der Waals surface area contributed by atoms with Crippen LogP contribution >= 0.6 is 0 Å². The van der Waals surface area contributed by atoms with Crippen molar-refractivity contribution in [1.82, 2.24) is 4.90 Å². The number of nitrogens with zero attached hydrogens (tertiary/aromatic N) is 1. The van der Waals surface area contributed by atoms with E-state index in [1.165, 1.54) is 32.1 Å². The number of nitrogens with two attached hydrogens (primary N) is 1. The molecule has 108 valence electrons. The van der Waals surface area contributed by atoms with Crippen LogP contribution in [0.5, 0.6) is 0 Å². The summed E-state index contributed by atoms with van der Waals surface area (Å²) >= 11 is 0. The maximum Gasteiger partial charge on any atom is 0.00950 e. The number of rotatable bonds is 6. The molecule has 0 amide bonds. The first-order valence-electron chi connectivity index (χ1n) is 7.74. The van der Waals surface area contributed by atoms with Crippen molar-refractivity contribution in [2.75, 3.05) is 20.1 Å². The van der Waals surface area contributed by atoms with Crippen molar-refractivity contribution < 1.29 is 0 Å². The van der Waals surface area contributed by atoms with Crippen LogP contribution in [0.1, 0.15) is 59.8 Å². The van der Waals surface area contributed by atoms with Crippen molar-refractivity contribution in [3.63, 3.8) is 0 Å². The first kappa shape index (κ1) is 16.0. The molecular formula is C16H34N2. The van der Waals surface area contributed by atoms with Gasteiger partial charge in [0.2, 0.25) is 0 Å². The third kappa shape index (κ3) is 5.27. The van der Waals surface area contributed by atoms with E-state index >= 15 is 0 Å². The van der Waals surface area contributed by atoms with Gasteiger partial charge in [0, 0.05) is 12.6 Å². The molecule has 1 aliphatic rings. The van der Waals surface area contributed by atoms with E-state index in [9.17, 15) is 0 Å². The lowest BCUT2D eigenvalue weighted by molar-refractivity contribution is 0.110. The minimum atomic E-state index is 0.250. The Labute approximate surface area is 114 Å². The maximum absolute atomic E-state index is 5.85. The zero-order chi connectivity index (χ0) is 13.8. The Balaban J connectivity index is 2.45. The summed E-state index contributed by atoms with van der Waals surface area (Å²) in [5.74, 6) is 1.80. The Morgan fingerprint density at radius 3 is 2.50 bits per heavy atom. The highest BCUT2D eigenvalue weighted by molar-refractivity contribution is 4.83. The molecule has 0 aromatic rings. The van der Waals surface area contributed by atoms with Gasteiger partial charge in [-0.1, -0.05) is 40.5 Å². The molecule has 0 aromatic carbocycles. The maximum atomic E-state index is 5.85. The van der Waals surface area contributed by atoms with E-state index in [1.54, 1.807) is 0 Å². The highest BCUT2D eigenvalue weighted by Gasteiger charge is 2.28. The van der Waals surface area contributed by atoms with Gasteiger partial charge in [0.05, 0.1) is 0 Å². The molecule has 0 aromatic heterocycles. The summed E-state index contributed by atoms with van der Waals surface area (Å²) in [6, 6.07) is 0.785. The van der Waals surface area contributed by atoms with Gasteiger partial charge in [-0.25, -0.2) is 0 Å². The summed E-state index contributed by atoms with van der Waals surface area (Å²) in [5, 5.41) is 0. The fraction of sp³-hybridized carbons (Fsp3) is 1.00. The third-order valence-corrected chi connectivity index (χ3v) is 4.41. The van der Waals surface area contributed by atoms with Crippen LogP contribution in [-0.4, -0.2) is 31.1 Å². The fourth-order valence-corrected chi connectivity index (χ4v) is 3.41. The highest BCUT2D eigenvalue weighted by atomic mass is 15.1. The third-order valence-electron chi connectivity index (χ3n) is 4.41. The van der Waals surface area contributed by atoms with Crippen LogP contribution in [0.4, 0.5) is 0 Å². The molecule has 2 heteroatoms. The monoisotopic (exact) mass is 254 g/mol. The predicted octanol–water partition coefficient (Wildman–Crippen LogP) is 3.51. The summed E-state index contributed by atoms with van der Waals surface area (Å²) in [5.41, 5.74) is 6.10. The van der Waals surface area contributed by atoms with Crippen molar-refractivity contribution in [2.24, 2.45) is 23.0 Å². The smallest absolute Gasteiger partial charge is 0.00950 e. The minimum Gasteiger partial charge on any atom is -0.330 e. The topological polar surface area (TPSA) is 29.3 Å². The number of hydrogen-bond donors (Lipinski definition) is 1. The molecule has 1 fully saturated rings. The van der Waals surface area contributed by atoms with Gasteiger partial charge < -0.3 is 10.6 Å². The SMILES string of the molecule is CC(C)CC1CCCC(N(C)CC(C)(C)CN)C1. The molecule has 0 heterocycles. The van der Waals surface area contributed by atoms with Crippen molar-refractivity contribution >= 4 is 0 Å². The van der Waals surface area contributed by atoms with Gasteiger partial charge in [-0.15, -0.1) is 0 Å². The second-order valence-electron chi connectivity index (χ2n) is 7.60. The first-order chi connectivity index (χ1) is 8.34. The molecule has 0 aliphatic heterocycles. The summed E-state index contributed by atoms with van der Waals surface area (Å²) < 4.78 is 0. The van der Waals surface area contributed by atoms with Crippen LogP contribution < -0.4 is 5.73 Å². The first-order valence-corrected chi connectivity index (χ1v) is 7.74. The summed E-state index contributed by atoms with van der Waals surface area (Å²) in [6.45, 7) is 11.2. The lowest BCUT2D eigenvalue weighted by Crippen LogP contribution is -2.43. The predicted molar refractivity (Wildman–Crippen MR) is 80.7 cm³/mol. The molecule has 18 heavy (non-hydrogen) atoms. The van der Waals surface area contributed by atoms with Crippen molar-refractivity contribution in [3.8, 4) is 0 Å². The average molecular weight is 254 g/mol. The van der Waals surface area contributed by atoms with Gasteiger partial charge in [0.25, 0.3) is 0 Å². The average Bonchev–Trinajstić information content (AvgIpc) is 2.28. The molecule has 1 rings (SSSR count). The van der Waals surface area contributed by atoms with Crippen LogP contribution in [0.2, 0.25) is 0 Å². The molecule has 2 N–H and O–H groups in total. The van der Waals surface area contributed by atoms with Gasteiger partial charge in [0.1, 0.15) is 0 Å². The molecule has 2 atom stereocenters. The van der Waals surface area contributed by atoms with E-state index < -0.39 is 0 Å². The van der Waals surface area contributed by atoms with Crippen molar-refractivity contribution in [1.29, 1.82) is 0 Å². The van der Waals surface area contributed by atoms with Crippen LogP contribution in [0.15, 0.2) is 0 Å². The van der Waals surface area contributed by atoms with Crippen molar-refractivity contribution in [3.05, 3.63) is 0 Å². The molecule has 2 unspecified atom stereocenters. The van der Waals surface area contributed by atoms with Crippen molar-refractivity contribution in [2.45, 2.75) is 65.8 Å². The lowest BCUT2D eigenvalue weighted by atomic mass is 9.80. The van der Waals surface area contributed by atoms with Gasteiger partial charge in [-0.05, 0) is 50.1 Å². The Kier molecular flexibility index (Phi) is 6.13. The van der Waals surface area contributed by atoms with Gasteiger partial charge in [-0.2, -0.15) is 0 Å². The zero-order valence-electron chi connectivity index (χ0n) is 13.2. The summed E-state index contributed by atoms with van der Waals surface area (Å²) in [6.07, 6.45) is 7.05. The quantitative estimate of drug-likeness (QED) is 0.786. The summed E-state index contributed by atoms with van der Waals surface area (Å²) in [4.78, 5) is 2.57. The van der Waals surface area contributed by atoms with Gasteiger partial charge in [-0.3, -0.25) is 0 Å². The molecule has 0 radical (unpaired) electrons. The second-order valence-corrected chi connectivity index (χ2v) is 7.60. The fourth-order valence-electron chi connectivity index (χ4n) is 3.41. The van der Waals surface area contributed by atoms with E-state index in [1.807, 2.05) is 0 Å². The highest BCUT2D eigenvalue weighted by Crippen LogP contribution is 2.32. The van der Waals surface area contributed by atoms with Crippen LogP contribution in [-0.2, 0) is 0 Å². The molecular weight excluding hydrogens is 220 g/mol. The normalized spacial score (nSPS) is 26.0. The van der Waals surface area contributed by atoms with E-state index in [0.29, 0.717) is 0 Å². The van der Waals surface area contributed by atoms with E-state index in [0.717, 1.165) is 31.0 Å². The molecule has 0 bridgehead atoms. The molecule has 0 spiro atoms. The van der Waals surface area contributed by atoms with E-state index in [4.69, 9.17) is 5.73 Å². The van der Waals surface area contributed by atoms with Gasteiger partial charge in [0.15, 0.2) is 0 Å².